The van der Waals surface area contributed by atoms with Gasteiger partial charge in [0.1, 0.15) is 12.3 Å². The quantitative estimate of drug-likeness (QED) is 0.915. The molecule has 0 aliphatic heterocycles. The summed E-state index contributed by atoms with van der Waals surface area (Å²) in [4.78, 5) is 16.1. The number of ether oxygens (including phenoxy) is 1. The second-order valence-electron chi connectivity index (χ2n) is 4.32. The average molecular weight is 259 g/mol. The van der Waals surface area contributed by atoms with Crippen LogP contribution in [0.5, 0.6) is 5.75 Å². The van der Waals surface area contributed by atoms with E-state index in [0.29, 0.717) is 0 Å². The first-order valence-electron chi connectivity index (χ1n) is 6.02. The van der Waals surface area contributed by atoms with E-state index in [4.69, 9.17) is 4.74 Å². The molecule has 1 aromatic heterocycles. The summed E-state index contributed by atoms with van der Waals surface area (Å²) in [5.41, 5.74) is 2.70. The number of hydrogen-bond donors (Lipinski definition) is 1. The minimum absolute atomic E-state index is 0.0781. The third-order valence-electron chi connectivity index (χ3n) is 3.03. The number of nitrogens with one attached hydrogen (secondary N) is 1. The molecule has 1 amide bonds. The highest BCUT2D eigenvalue weighted by Crippen LogP contribution is 2.15. The Bertz CT molecular complexity index is 573. The Morgan fingerprint density at radius 2 is 2.00 bits per heavy atom. The lowest BCUT2D eigenvalue weighted by molar-refractivity contribution is -0.116. The van der Waals surface area contributed by atoms with Crippen LogP contribution in [-0.4, -0.2) is 22.6 Å². The van der Waals surface area contributed by atoms with Crippen LogP contribution >= 0.6 is 0 Å². The predicted molar refractivity (Wildman–Crippen MR) is 73.3 cm³/mol. The topological polar surface area (TPSA) is 56.1 Å². The number of imidazole rings is 1. The molecule has 0 spiro atoms. The Labute approximate surface area is 112 Å². The lowest BCUT2D eigenvalue weighted by Gasteiger charge is -2.08. The molecule has 2 aromatic rings. The van der Waals surface area contributed by atoms with Crippen molar-refractivity contribution in [1.29, 1.82) is 0 Å². The maximum absolute atomic E-state index is 11.9. The molecular weight excluding hydrogens is 242 g/mol. The highest BCUT2D eigenvalue weighted by molar-refractivity contribution is 5.90. The van der Waals surface area contributed by atoms with Gasteiger partial charge in [0.15, 0.2) is 0 Å². The molecule has 0 saturated carbocycles. The van der Waals surface area contributed by atoms with Crippen molar-refractivity contribution < 1.29 is 9.53 Å². The second-order valence-corrected chi connectivity index (χ2v) is 4.32. The zero-order valence-corrected chi connectivity index (χ0v) is 11.3. The van der Waals surface area contributed by atoms with Crippen LogP contribution in [0.2, 0.25) is 0 Å². The first-order valence-corrected chi connectivity index (χ1v) is 6.02. The zero-order chi connectivity index (χ0) is 13.8. The molecule has 5 heteroatoms. The van der Waals surface area contributed by atoms with Gasteiger partial charge in [-0.25, -0.2) is 4.98 Å². The third kappa shape index (κ3) is 3.13. The molecule has 0 fully saturated rings. The third-order valence-corrected chi connectivity index (χ3v) is 3.03. The maximum Gasteiger partial charge on any atom is 0.244 e. The number of nitrogens with zero attached hydrogens (tertiary/aromatic N) is 2. The van der Waals surface area contributed by atoms with Crippen molar-refractivity contribution in [2.24, 2.45) is 0 Å². The number of aryl methyl sites for hydroxylation is 1. The molecule has 100 valence electrons. The Balaban J connectivity index is 1.99. The molecular formula is C14H17N3O2. The molecule has 0 saturated heterocycles. The number of carbonyl (C=O) groups excluding carboxylic acids is 1. The molecule has 0 unspecified atom stereocenters. The molecule has 0 aliphatic rings. The fourth-order valence-corrected chi connectivity index (χ4v) is 1.73. The van der Waals surface area contributed by atoms with Gasteiger partial charge in [-0.1, -0.05) is 0 Å². The predicted octanol–water partition coefficient (Wildman–Crippen LogP) is 2.15. The van der Waals surface area contributed by atoms with E-state index in [-0.39, 0.29) is 12.5 Å². The Morgan fingerprint density at radius 1 is 1.32 bits per heavy atom. The highest BCUT2D eigenvalue weighted by Gasteiger charge is 2.07. The van der Waals surface area contributed by atoms with Gasteiger partial charge in [0.05, 0.1) is 19.1 Å². The first-order chi connectivity index (χ1) is 9.10. The molecule has 0 radical (unpaired) electrons. The van der Waals surface area contributed by atoms with Crippen molar-refractivity contribution in [2.75, 3.05) is 12.4 Å². The number of aromatic nitrogens is 2. The summed E-state index contributed by atoms with van der Waals surface area (Å²) in [6.07, 6.45) is 1.68. The van der Waals surface area contributed by atoms with Crippen LogP contribution in [-0.2, 0) is 11.3 Å². The van der Waals surface area contributed by atoms with Crippen LogP contribution in [0, 0.1) is 13.8 Å². The molecule has 19 heavy (non-hydrogen) atoms. The van der Waals surface area contributed by atoms with Crippen molar-refractivity contribution in [3.8, 4) is 5.75 Å². The largest absolute Gasteiger partial charge is 0.497 e. The highest BCUT2D eigenvalue weighted by atomic mass is 16.5. The number of benzene rings is 1. The van der Waals surface area contributed by atoms with E-state index in [1.54, 1.807) is 13.4 Å². The van der Waals surface area contributed by atoms with Crippen LogP contribution in [0.4, 0.5) is 5.69 Å². The van der Waals surface area contributed by atoms with E-state index < -0.39 is 0 Å². The van der Waals surface area contributed by atoms with Gasteiger partial charge >= 0.3 is 0 Å². The molecule has 0 aliphatic carbocycles. The summed E-state index contributed by atoms with van der Waals surface area (Å²) in [6.45, 7) is 4.13. The lowest BCUT2D eigenvalue weighted by atomic mass is 10.3. The zero-order valence-electron chi connectivity index (χ0n) is 11.3. The molecule has 1 heterocycles. The number of carbonyl (C=O) groups is 1. The van der Waals surface area contributed by atoms with Gasteiger partial charge in [-0.15, -0.1) is 0 Å². The minimum Gasteiger partial charge on any atom is -0.497 e. The Kier molecular flexibility index (Phi) is 3.85. The molecule has 5 nitrogen and oxygen atoms in total. The monoisotopic (exact) mass is 259 g/mol. The molecule has 0 bridgehead atoms. The van der Waals surface area contributed by atoms with E-state index in [2.05, 4.69) is 10.3 Å². The SMILES string of the molecule is COc1ccc(NC(=O)Cn2cnc(C)c2C)cc1. The summed E-state index contributed by atoms with van der Waals surface area (Å²) >= 11 is 0. The fraction of sp³-hybridized carbons (Fsp3) is 0.286. The van der Waals surface area contributed by atoms with E-state index in [1.807, 2.05) is 42.7 Å². The fourth-order valence-electron chi connectivity index (χ4n) is 1.73. The van der Waals surface area contributed by atoms with E-state index in [1.165, 1.54) is 0 Å². The van der Waals surface area contributed by atoms with Crippen molar-refractivity contribution in [3.63, 3.8) is 0 Å². The van der Waals surface area contributed by atoms with Gasteiger partial charge in [-0.05, 0) is 38.1 Å². The normalized spacial score (nSPS) is 10.3. The van der Waals surface area contributed by atoms with Gasteiger partial charge in [-0.2, -0.15) is 0 Å². The van der Waals surface area contributed by atoms with Crippen LogP contribution in [0.1, 0.15) is 11.4 Å². The average Bonchev–Trinajstić information content (AvgIpc) is 2.71. The summed E-state index contributed by atoms with van der Waals surface area (Å²) in [7, 11) is 1.61. The number of anilines is 1. The lowest BCUT2D eigenvalue weighted by Crippen LogP contribution is -2.19. The first kappa shape index (κ1) is 13.1. The van der Waals surface area contributed by atoms with Gasteiger partial charge in [0, 0.05) is 11.4 Å². The molecule has 1 N–H and O–H groups in total. The molecule has 0 atom stereocenters. The van der Waals surface area contributed by atoms with Crippen molar-refractivity contribution >= 4 is 11.6 Å². The molecule has 2 rings (SSSR count). The maximum atomic E-state index is 11.9. The molecule has 1 aromatic carbocycles. The smallest absolute Gasteiger partial charge is 0.244 e. The summed E-state index contributed by atoms with van der Waals surface area (Å²) in [5, 5.41) is 2.84. The van der Waals surface area contributed by atoms with Crippen LogP contribution < -0.4 is 10.1 Å². The van der Waals surface area contributed by atoms with Gasteiger partial charge in [0.25, 0.3) is 0 Å². The summed E-state index contributed by atoms with van der Waals surface area (Å²) in [5.74, 6) is 0.685. The minimum atomic E-state index is -0.0781. The number of methoxy groups -OCH3 is 1. The van der Waals surface area contributed by atoms with E-state index in [9.17, 15) is 4.79 Å². The van der Waals surface area contributed by atoms with Gasteiger partial charge in [-0.3, -0.25) is 4.79 Å². The van der Waals surface area contributed by atoms with Crippen molar-refractivity contribution in [3.05, 3.63) is 42.0 Å². The number of rotatable bonds is 4. The summed E-state index contributed by atoms with van der Waals surface area (Å²) < 4.78 is 6.89. The summed E-state index contributed by atoms with van der Waals surface area (Å²) in [6, 6.07) is 7.23. The number of hydrogen-bond acceptors (Lipinski definition) is 3. The van der Waals surface area contributed by atoms with Crippen molar-refractivity contribution in [2.45, 2.75) is 20.4 Å². The second kappa shape index (κ2) is 5.56. The van der Waals surface area contributed by atoms with Crippen LogP contribution in [0.25, 0.3) is 0 Å². The van der Waals surface area contributed by atoms with E-state index >= 15 is 0 Å². The van der Waals surface area contributed by atoms with Crippen LogP contribution in [0.15, 0.2) is 30.6 Å². The van der Waals surface area contributed by atoms with Gasteiger partial charge < -0.3 is 14.6 Å². The Morgan fingerprint density at radius 3 is 2.53 bits per heavy atom. The van der Waals surface area contributed by atoms with E-state index in [0.717, 1.165) is 22.8 Å². The number of amides is 1. The standard InChI is InChI=1S/C14H17N3O2/c1-10-11(2)17(9-15-10)8-14(18)16-12-4-6-13(19-3)7-5-12/h4-7,9H,8H2,1-3H3,(H,16,18). The van der Waals surface area contributed by atoms with Crippen LogP contribution in [0.3, 0.4) is 0 Å². The van der Waals surface area contributed by atoms with Gasteiger partial charge in [0.2, 0.25) is 5.91 Å². The Hall–Kier alpha value is -2.30. The van der Waals surface area contributed by atoms with Crippen molar-refractivity contribution in [1.82, 2.24) is 9.55 Å².